The summed E-state index contributed by atoms with van der Waals surface area (Å²) in [6.07, 6.45) is -1.69. The summed E-state index contributed by atoms with van der Waals surface area (Å²) < 4.78 is 14.3. The molecule has 2 unspecified atom stereocenters. The van der Waals surface area contributed by atoms with Crippen LogP contribution in [0, 0.1) is 0 Å². The molecule has 0 saturated carbocycles. The molecule has 0 amide bonds. The fourth-order valence-corrected chi connectivity index (χ4v) is 1.06. The van der Waals surface area contributed by atoms with Gasteiger partial charge in [-0.2, -0.15) is 0 Å². The number of methoxy groups -OCH3 is 1. The summed E-state index contributed by atoms with van der Waals surface area (Å²) in [7, 11) is 1.16. The van der Waals surface area contributed by atoms with Crippen molar-refractivity contribution in [2.75, 3.05) is 20.3 Å². The predicted molar refractivity (Wildman–Crippen MR) is 59.3 cm³/mol. The second kappa shape index (κ2) is 8.95. The van der Waals surface area contributed by atoms with Crippen molar-refractivity contribution in [1.82, 2.24) is 0 Å². The Balaban J connectivity index is 4.44. The van der Waals surface area contributed by atoms with Gasteiger partial charge < -0.3 is 19.3 Å². The number of rotatable bonds is 8. The van der Waals surface area contributed by atoms with Gasteiger partial charge in [-0.1, -0.05) is 13.8 Å². The van der Waals surface area contributed by atoms with Crippen LogP contribution in [0.25, 0.3) is 0 Å². The molecule has 0 heterocycles. The summed E-state index contributed by atoms with van der Waals surface area (Å²) in [6, 6.07) is 0. The third kappa shape index (κ3) is 5.65. The molecular weight excluding hydrogens is 228 g/mol. The van der Waals surface area contributed by atoms with Crippen molar-refractivity contribution < 1.29 is 28.9 Å². The first kappa shape index (κ1) is 15.9. The average molecular weight is 248 g/mol. The highest BCUT2D eigenvalue weighted by molar-refractivity contribution is 5.85. The first-order chi connectivity index (χ1) is 8.08. The van der Waals surface area contributed by atoms with E-state index in [0.29, 0.717) is 12.8 Å². The number of ether oxygens (including phenoxy) is 3. The zero-order chi connectivity index (χ0) is 13.3. The molecule has 0 aromatic carbocycles. The van der Waals surface area contributed by atoms with Crippen LogP contribution in [0.1, 0.15) is 26.7 Å². The lowest BCUT2D eigenvalue weighted by Gasteiger charge is -2.19. The molecular formula is C11H20O6. The standard InChI is InChI=1S/C11H20O6/c1-4-6-16-9(11(14)15-3)8(12)10(13)17-7-5-2/h8-9,12H,4-7H2,1-3H3. The molecule has 0 rings (SSSR count). The maximum Gasteiger partial charge on any atom is 0.338 e. The normalized spacial score (nSPS) is 13.9. The number of carbonyl (C=O) groups excluding carboxylic acids is 2. The van der Waals surface area contributed by atoms with Crippen LogP contribution in [0.2, 0.25) is 0 Å². The van der Waals surface area contributed by atoms with Crippen LogP contribution >= 0.6 is 0 Å². The number of aliphatic hydroxyl groups excluding tert-OH is 1. The van der Waals surface area contributed by atoms with Gasteiger partial charge >= 0.3 is 11.9 Å². The molecule has 1 N–H and O–H groups in total. The van der Waals surface area contributed by atoms with Crippen LogP contribution in [0.4, 0.5) is 0 Å². The highest BCUT2D eigenvalue weighted by atomic mass is 16.6. The Bertz CT molecular complexity index is 240. The molecule has 0 spiro atoms. The SMILES string of the molecule is CCCOC(=O)C(O)C(OCCC)C(=O)OC. The number of hydrogen-bond donors (Lipinski definition) is 1. The molecule has 0 radical (unpaired) electrons. The molecule has 0 aromatic heterocycles. The lowest BCUT2D eigenvalue weighted by Crippen LogP contribution is -2.43. The van der Waals surface area contributed by atoms with E-state index in [2.05, 4.69) is 4.74 Å². The van der Waals surface area contributed by atoms with E-state index in [4.69, 9.17) is 9.47 Å². The Labute approximate surface area is 101 Å². The molecule has 17 heavy (non-hydrogen) atoms. The highest BCUT2D eigenvalue weighted by Gasteiger charge is 2.35. The first-order valence-corrected chi connectivity index (χ1v) is 5.62. The zero-order valence-corrected chi connectivity index (χ0v) is 10.5. The van der Waals surface area contributed by atoms with E-state index in [0.717, 1.165) is 7.11 Å². The minimum Gasteiger partial charge on any atom is -0.467 e. The van der Waals surface area contributed by atoms with Crippen molar-refractivity contribution in [2.45, 2.75) is 38.9 Å². The van der Waals surface area contributed by atoms with Crippen molar-refractivity contribution in [3.63, 3.8) is 0 Å². The van der Waals surface area contributed by atoms with Gasteiger partial charge in [0.25, 0.3) is 0 Å². The first-order valence-electron chi connectivity index (χ1n) is 5.62. The van der Waals surface area contributed by atoms with Crippen LogP contribution in [0.15, 0.2) is 0 Å². The Hall–Kier alpha value is -1.14. The van der Waals surface area contributed by atoms with Crippen molar-refractivity contribution in [3.05, 3.63) is 0 Å². The monoisotopic (exact) mass is 248 g/mol. The van der Waals surface area contributed by atoms with E-state index in [-0.39, 0.29) is 13.2 Å². The van der Waals surface area contributed by atoms with E-state index in [1.54, 1.807) is 0 Å². The van der Waals surface area contributed by atoms with E-state index < -0.39 is 24.1 Å². The van der Waals surface area contributed by atoms with Gasteiger partial charge in [0.1, 0.15) is 0 Å². The topological polar surface area (TPSA) is 82.1 Å². The summed E-state index contributed by atoms with van der Waals surface area (Å²) in [6.45, 7) is 4.11. The van der Waals surface area contributed by atoms with Crippen LogP contribution in [-0.2, 0) is 23.8 Å². The van der Waals surface area contributed by atoms with Crippen molar-refractivity contribution >= 4 is 11.9 Å². The van der Waals surface area contributed by atoms with Crippen LogP contribution in [-0.4, -0.2) is 49.6 Å². The van der Waals surface area contributed by atoms with E-state index in [1.807, 2.05) is 13.8 Å². The zero-order valence-electron chi connectivity index (χ0n) is 10.5. The molecule has 0 aliphatic carbocycles. The van der Waals surface area contributed by atoms with Gasteiger partial charge in [0, 0.05) is 6.61 Å². The predicted octanol–water partition coefficient (Wildman–Crippen LogP) is 0.269. The number of aliphatic hydroxyl groups is 1. The molecule has 0 fully saturated rings. The van der Waals surface area contributed by atoms with Gasteiger partial charge in [0.05, 0.1) is 13.7 Å². The van der Waals surface area contributed by atoms with Gasteiger partial charge in [-0.05, 0) is 12.8 Å². The fourth-order valence-electron chi connectivity index (χ4n) is 1.06. The maximum atomic E-state index is 11.4. The quantitative estimate of drug-likeness (QED) is 0.621. The van der Waals surface area contributed by atoms with E-state index in [1.165, 1.54) is 0 Å². The van der Waals surface area contributed by atoms with Crippen LogP contribution < -0.4 is 0 Å². The van der Waals surface area contributed by atoms with Gasteiger partial charge in [0.15, 0.2) is 12.2 Å². The Morgan fingerprint density at radius 2 is 1.71 bits per heavy atom. The Morgan fingerprint density at radius 3 is 2.18 bits per heavy atom. The lowest BCUT2D eigenvalue weighted by atomic mass is 10.2. The van der Waals surface area contributed by atoms with E-state index in [9.17, 15) is 14.7 Å². The maximum absolute atomic E-state index is 11.4. The van der Waals surface area contributed by atoms with Crippen molar-refractivity contribution in [2.24, 2.45) is 0 Å². The molecule has 2 atom stereocenters. The Morgan fingerprint density at radius 1 is 1.12 bits per heavy atom. The molecule has 6 heteroatoms. The van der Waals surface area contributed by atoms with Gasteiger partial charge in [0.2, 0.25) is 0 Å². The molecule has 0 aromatic rings. The fraction of sp³-hybridized carbons (Fsp3) is 0.818. The molecule has 6 nitrogen and oxygen atoms in total. The molecule has 0 bridgehead atoms. The van der Waals surface area contributed by atoms with Gasteiger partial charge in [-0.25, -0.2) is 9.59 Å². The largest absolute Gasteiger partial charge is 0.467 e. The smallest absolute Gasteiger partial charge is 0.338 e. The highest BCUT2D eigenvalue weighted by Crippen LogP contribution is 2.06. The van der Waals surface area contributed by atoms with Crippen molar-refractivity contribution in [1.29, 1.82) is 0 Å². The second-order valence-corrected chi connectivity index (χ2v) is 3.43. The molecule has 0 aliphatic heterocycles. The molecule has 0 aliphatic rings. The summed E-state index contributed by atoms with van der Waals surface area (Å²) in [5.74, 6) is -1.67. The van der Waals surface area contributed by atoms with Crippen LogP contribution in [0.3, 0.4) is 0 Å². The van der Waals surface area contributed by atoms with Gasteiger partial charge in [-0.3, -0.25) is 0 Å². The second-order valence-electron chi connectivity index (χ2n) is 3.43. The van der Waals surface area contributed by atoms with Gasteiger partial charge in [-0.15, -0.1) is 0 Å². The summed E-state index contributed by atoms with van der Waals surface area (Å²) in [5, 5.41) is 9.63. The van der Waals surface area contributed by atoms with Crippen molar-refractivity contribution in [3.8, 4) is 0 Å². The number of carbonyl (C=O) groups is 2. The lowest BCUT2D eigenvalue weighted by molar-refractivity contribution is -0.176. The summed E-state index contributed by atoms with van der Waals surface area (Å²) >= 11 is 0. The molecule has 0 saturated heterocycles. The average Bonchev–Trinajstić information content (AvgIpc) is 2.35. The number of hydrogen-bond acceptors (Lipinski definition) is 6. The molecule has 100 valence electrons. The summed E-state index contributed by atoms with van der Waals surface area (Å²) in [4.78, 5) is 22.7. The Kier molecular flexibility index (Phi) is 8.35. The summed E-state index contributed by atoms with van der Waals surface area (Å²) in [5.41, 5.74) is 0. The minimum atomic E-state index is -1.65. The third-order valence-corrected chi connectivity index (χ3v) is 1.91. The van der Waals surface area contributed by atoms with E-state index >= 15 is 0 Å². The van der Waals surface area contributed by atoms with Crippen LogP contribution in [0.5, 0.6) is 0 Å². The minimum absolute atomic E-state index is 0.192. The third-order valence-electron chi connectivity index (χ3n) is 1.91. The number of esters is 2.